The monoisotopic (exact) mass is 444 g/mol. The van der Waals surface area contributed by atoms with E-state index >= 15 is 0 Å². The second kappa shape index (κ2) is 9.57. The van der Waals surface area contributed by atoms with Crippen molar-refractivity contribution in [3.63, 3.8) is 0 Å². The van der Waals surface area contributed by atoms with Crippen LogP contribution in [0.1, 0.15) is 36.5 Å². The van der Waals surface area contributed by atoms with Crippen LogP contribution in [0.2, 0.25) is 10.0 Å². The van der Waals surface area contributed by atoms with Gasteiger partial charge in [0.25, 0.3) is 10.1 Å². The lowest BCUT2D eigenvalue weighted by atomic mass is 10.1. The first-order valence-electron chi connectivity index (χ1n) is 9.03. The maximum atomic E-state index is 12.5. The maximum Gasteiger partial charge on any atom is 0.297 e. The summed E-state index contributed by atoms with van der Waals surface area (Å²) in [7, 11) is -3.93. The molecule has 2 aromatic carbocycles. The second-order valence-electron chi connectivity index (χ2n) is 6.64. The Morgan fingerprint density at radius 1 is 1.14 bits per heavy atom. The molecule has 0 aliphatic carbocycles. The quantitative estimate of drug-likeness (QED) is 0.542. The van der Waals surface area contributed by atoms with Crippen LogP contribution >= 0.6 is 23.2 Å². The van der Waals surface area contributed by atoms with E-state index < -0.39 is 22.5 Å². The van der Waals surface area contributed by atoms with Gasteiger partial charge >= 0.3 is 0 Å². The van der Waals surface area contributed by atoms with Crippen LogP contribution < -0.4 is 0 Å². The van der Waals surface area contributed by atoms with Crippen LogP contribution in [0.15, 0.2) is 47.4 Å². The van der Waals surface area contributed by atoms with Crippen LogP contribution in [0.4, 0.5) is 0 Å². The Hall–Kier alpha value is -1.15. The molecule has 0 aromatic heterocycles. The summed E-state index contributed by atoms with van der Waals surface area (Å²) in [5.41, 5.74) is 1.56. The minimum atomic E-state index is -3.93. The molecule has 28 heavy (non-hydrogen) atoms. The number of rotatable bonds is 7. The topological polar surface area (TPSA) is 61.8 Å². The van der Waals surface area contributed by atoms with Gasteiger partial charge < -0.3 is 9.47 Å². The fourth-order valence-electron chi connectivity index (χ4n) is 2.89. The maximum absolute atomic E-state index is 12.5. The number of benzene rings is 2. The largest absolute Gasteiger partial charge is 0.353 e. The summed E-state index contributed by atoms with van der Waals surface area (Å²) < 4.78 is 42.0. The van der Waals surface area contributed by atoms with Gasteiger partial charge in [-0.15, -0.1) is 0 Å². The number of halogens is 2. The third-order valence-corrected chi connectivity index (χ3v) is 6.31. The Bertz CT molecular complexity index is 893. The van der Waals surface area contributed by atoms with Crippen molar-refractivity contribution in [1.29, 1.82) is 0 Å². The number of hydrogen-bond donors (Lipinski definition) is 0. The second-order valence-corrected chi connectivity index (χ2v) is 9.10. The highest BCUT2D eigenvalue weighted by Crippen LogP contribution is 2.32. The Morgan fingerprint density at radius 3 is 2.54 bits per heavy atom. The number of hydrogen-bond acceptors (Lipinski definition) is 5. The number of ether oxygens (including phenoxy) is 2. The molecule has 1 aliphatic rings. The lowest BCUT2D eigenvalue weighted by molar-refractivity contribution is -0.195. The fourth-order valence-corrected chi connectivity index (χ4v) is 4.33. The van der Waals surface area contributed by atoms with Crippen molar-refractivity contribution in [2.24, 2.45) is 0 Å². The SMILES string of the molecule is Cc1ccc(S(=O)(=O)OCC(OC2CCCCO2)c2ccc(Cl)cc2Cl)cc1. The highest BCUT2D eigenvalue weighted by atomic mass is 35.5. The van der Waals surface area contributed by atoms with Crippen molar-refractivity contribution >= 4 is 33.3 Å². The van der Waals surface area contributed by atoms with Crippen LogP contribution in [-0.4, -0.2) is 27.9 Å². The molecule has 0 radical (unpaired) electrons. The lowest BCUT2D eigenvalue weighted by Gasteiger charge is -2.28. The highest BCUT2D eigenvalue weighted by molar-refractivity contribution is 7.86. The van der Waals surface area contributed by atoms with Gasteiger partial charge in [-0.05, 0) is 50.5 Å². The van der Waals surface area contributed by atoms with E-state index in [4.69, 9.17) is 36.9 Å². The van der Waals surface area contributed by atoms with Gasteiger partial charge in [-0.3, -0.25) is 4.18 Å². The predicted octanol–water partition coefficient (Wildman–Crippen LogP) is 5.29. The zero-order valence-corrected chi connectivity index (χ0v) is 17.8. The van der Waals surface area contributed by atoms with Crippen LogP contribution in [0.3, 0.4) is 0 Å². The fraction of sp³-hybridized carbons (Fsp3) is 0.400. The van der Waals surface area contributed by atoms with Crippen molar-refractivity contribution in [3.05, 3.63) is 63.6 Å². The molecule has 152 valence electrons. The predicted molar refractivity (Wildman–Crippen MR) is 108 cm³/mol. The molecule has 2 unspecified atom stereocenters. The summed E-state index contributed by atoms with van der Waals surface area (Å²) in [5.74, 6) is 0. The average Bonchev–Trinajstić information content (AvgIpc) is 2.67. The zero-order valence-electron chi connectivity index (χ0n) is 15.4. The molecule has 0 saturated carbocycles. The van der Waals surface area contributed by atoms with E-state index in [1.807, 2.05) is 6.92 Å². The molecular formula is C20H22Cl2O5S. The van der Waals surface area contributed by atoms with E-state index in [2.05, 4.69) is 0 Å². The molecular weight excluding hydrogens is 423 g/mol. The van der Waals surface area contributed by atoms with Gasteiger partial charge in [0.1, 0.15) is 6.10 Å². The molecule has 2 aromatic rings. The first kappa shape index (κ1) is 21.6. The molecule has 5 nitrogen and oxygen atoms in total. The Balaban J connectivity index is 1.78. The van der Waals surface area contributed by atoms with Crippen molar-refractivity contribution in [2.45, 2.75) is 43.5 Å². The molecule has 1 heterocycles. The van der Waals surface area contributed by atoms with Gasteiger partial charge in [0, 0.05) is 22.2 Å². The standard InChI is InChI=1S/C20H22Cl2O5S/c1-14-5-8-16(9-6-14)28(23,24)26-13-19(27-20-4-2-3-11-25-20)17-10-7-15(21)12-18(17)22/h5-10,12,19-20H,2-4,11,13H2,1H3. The van der Waals surface area contributed by atoms with Gasteiger partial charge in [-0.25, -0.2) is 0 Å². The molecule has 1 fully saturated rings. The Kier molecular flexibility index (Phi) is 7.36. The molecule has 2 atom stereocenters. The smallest absolute Gasteiger partial charge is 0.297 e. The van der Waals surface area contributed by atoms with Gasteiger partial charge in [0.2, 0.25) is 0 Å². The summed E-state index contributed by atoms with van der Waals surface area (Å²) in [5, 5.41) is 0.860. The Morgan fingerprint density at radius 2 is 1.89 bits per heavy atom. The highest BCUT2D eigenvalue weighted by Gasteiger charge is 2.26. The van der Waals surface area contributed by atoms with Gasteiger partial charge in [-0.1, -0.05) is 47.0 Å². The third-order valence-electron chi connectivity index (χ3n) is 4.45. The summed E-state index contributed by atoms with van der Waals surface area (Å²) in [6.07, 6.45) is 1.54. The first-order valence-corrected chi connectivity index (χ1v) is 11.2. The molecule has 0 bridgehead atoms. The van der Waals surface area contributed by atoms with Crippen LogP contribution in [0.25, 0.3) is 0 Å². The average molecular weight is 445 g/mol. The summed E-state index contributed by atoms with van der Waals surface area (Å²) >= 11 is 12.3. The molecule has 1 saturated heterocycles. The normalized spacial score (nSPS) is 18.8. The number of aryl methyl sites for hydroxylation is 1. The van der Waals surface area contributed by atoms with Crippen molar-refractivity contribution in [1.82, 2.24) is 0 Å². The van der Waals surface area contributed by atoms with Gasteiger partial charge in [0.05, 0.1) is 11.5 Å². The van der Waals surface area contributed by atoms with Crippen molar-refractivity contribution in [2.75, 3.05) is 13.2 Å². The molecule has 0 spiro atoms. The van der Waals surface area contributed by atoms with E-state index in [1.54, 1.807) is 30.3 Å². The van der Waals surface area contributed by atoms with Gasteiger partial charge in [0.15, 0.2) is 6.29 Å². The van der Waals surface area contributed by atoms with Crippen LogP contribution in [0, 0.1) is 6.92 Å². The molecule has 1 aliphatic heterocycles. The van der Waals surface area contributed by atoms with Crippen LogP contribution in [-0.2, 0) is 23.8 Å². The first-order chi connectivity index (χ1) is 13.3. The summed E-state index contributed by atoms with van der Waals surface area (Å²) in [4.78, 5) is 0.0907. The molecule has 3 rings (SSSR count). The van der Waals surface area contributed by atoms with E-state index in [-0.39, 0.29) is 11.5 Å². The van der Waals surface area contributed by atoms with E-state index in [1.165, 1.54) is 12.1 Å². The molecule has 0 N–H and O–H groups in total. The molecule has 8 heteroatoms. The van der Waals surface area contributed by atoms with E-state index in [0.29, 0.717) is 22.2 Å². The summed E-state index contributed by atoms with van der Waals surface area (Å²) in [6, 6.07) is 11.4. The zero-order chi connectivity index (χ0) is 20.1. The Labute approximate surface area is 175 Å². The molecule has 0 amide bonds. The van der Waals surface area contributed by atoms with Crippen molar-refractivity contribution < 1.29 is 22.1 Å². The summed E-state index contributed by atoms with van der Waals surface area (Å²) in [6.45, 7) is 2.26. The lowest BCUT2D eigenvalue weighted by Crippen LogP contribution is -2.27. The third kappa shape index (κ3) is 5.69. The minimum Gasteiger partial charge on any atom is -0.353 e. The van der Waals surface area contributed by atoms with Crippen LogP contribution in [0.5, 0.6) is 0 Å². The van der Waals surface area contributed by atoms with E-state index in [9.17, 15) is 8.42 Å². The van der Waals surface area contributed by atoms with E-state index in [0.717, 1.165) is 24.8 Å². The van der Waals surface area contributed by atoms with Gasteiger partial charge in [-0.2, -0.15) is 8.42 Å². The van der Waals surface area contributed by atoms with Crippen molar-refractivity contribution in [3.8, 4) is 0 Å². The minimum absolute atomic E-state index is 0.0907.